The number of nitrogens with one attached hydrogen (secondary N) is 2. The zero-order valence-corrected chi connectivity index (χ0v) is 16.5. The molecule has 0 fully saturated rings. The summed E-state index contributed by atoms with van der Waals surface area (Å²) in [6.45, 7) is 2.62. The van der Waals surface area contributed by atoms with Gasteiger partial charge in [0.15, 0.2) is 5.11 Å². The first-order valence-corrected chi connectivity index (χ1v) is 9.16. The number of halogens is 1. The molecule has 5 nitrogen and oxygen atoms in total. The van der Waals surface area contributed by atoms with Crippen molar-refractivity contribution in [3.8, 4) is 0 Å². The van der Waals surface area contributed by atoms with Crippen molar-refractivity contribution in [2.75, 3.05) is 5.32 Å². The second-order valence-corrected chi connectivity index (χ2v) is 7.10. The van der Waals surface area contributed by atoms with Crippen LogP contribution in [0.3, 0.4) is 0 Å². The van der Waals surface area contributed by atoms with E-state index in [9.17, 15) is 4.79 Å². The van der Waals surface area contributed by atoms with Crippen molar-refractivity contribution in [1.29, 1.82) is 0 Å². The smallest absolute Gasteiger partial charge is 0.257 e. The van der Waals surface area contributed by atoms with E-state index in [-0.39, 0.29) is 11.0 Å². The molecule has 0 bridgehead atoms. The number of aromatic nitrogens is 2. The quantitative estimate of drug-likeness (QED) is 0.613. The predicted octanol–water partition coefficient (Wildman–Crippen LogP) is 4.13. The van der Waals surface area contributed by atoms with Crippen LogP contribution in [-0.2, 0) is 6.54 Å². The molecule has 3 aromatic rings. The molecule has 0 aliphatic heterocycles. The lowest BCUT2D eigenvalue weighted by molar-refractivity contribution is 0.0977. The lowest BCUT2D eigenvalue weighted by atomic mass is 10.1. The van der Waals surface area contributed by atoms with E-state index in [1.807, 2.05) is 54.2 Å². The van der Waals surface area contributed by atoms with Crippen LogP contribution in [0.1, 0.15) is 21.5 Å². The standard InChI is InChI=1S/C19H17BrN4OS/c1-13-4-2-3-5-17(13)22-19(26)23-18(25)15-8-6-14(7-9-15)11-24-12-16(20)10-21-24/h2-10,12H,11H2,1H3,(H2,22,23,25,26). The molecular formula is C19H17BrN4OS. The minimum atomic E-state index is -0.246. The lowest BCUT2D eigenvalue weighted by Crippen LogP contribution is -2.34. The van der Waals surface area contributed by atoms with Gasteiger partial charge in [0.05, 0.1) is 17.2 Å². The number of hydrogen-bond acceptors (Lipinski definition) is 3. The molecule has 1 heterocycles. The van der Waals surface area contributed by atoms with Crippen LogP contribution in [0.2, 0.25) is 0 Å². The first-order chi connectivity index (χ1) is 12.5. The fourth-order valence-electron chi connectivity index (χ4n) is 2.42. The van der Waals surface area contributed by atoms with Crippen molar-refractivity contribution in [3.05, 3.63) is 82.1 Å². The average molecular weight is 429 g/mol. The number of para-hydroxylation sites is 1. The number of aryl methyl sites for hydroxylation is 1. The normalized spacial score (nSPS) is 10.4. The number of nitrogens with zero attached hydrogens (tertiary/aromatic N) is 2. The van der Waals surface area contributed by atoms with Gasteiger partial charge >= 0.3 is 0 Å². The molecule has 0 aliphatic carbocycles. The molecule has 26 heavy (non-hydrogen) atoms. The van der Waals surface area contributed by atoms with E-state index in [1.165, 1.54) is 0 Å². The molecule has 0 unspecified atom stereocenters. The van der Waals surface area contributed by atoms with E-state index < -0.39 is 0 Å². The first kappa shape index (κ1) is 18.3. The lowest BCUT2D eigenvalue weighted by Gasteiger charge is -2.11. The van der Waals surface area contributed by atoms with Crippen molar-refractivity contribution in [2.24, 2.45) is 0 Å². The summed E-state index contributed by atoms with van der Waals surface area (Å²) in [4.78, 5) is 12.3. The van der Waals surface area contributed by atoms with Crippen LogP contribution >= 0.6 is 28.1 Å². The molecule has 2 aromatic carbocycles. The molecule has 1 amide bonds. The maximum atomic E-state index is 12.3. The summed E-state index contributed by atoms with van der Waals surface area (Å²) in [5.74, 6) is -0.246. The molecule has 2 N–H and O–H groups in total. The highest BCUT2D eigenvalue weighted by Gasteiger charge is 2.09. The average Bonchev–Trinajstić information content (AvgIpc) is 3.02. The SMILES string of the molecule is Cc1ccccc1NC(=S)NC(=O)c1ccc(Cn2cc(Br)cn2)cc1. The molecular weight excluding hydrogens is 412 g/mol. The number of carbonyl (C=O) groups is 1. The molecule has 0 atom stereocenters. The van der Waals surface area contributed by atoms with Crippen LogP contribution in [0.5, 0.6) is 0 Å². The zero-order valence-electron chi connectivity index (χ0n) is 14.1. The third-order valence-electron chi connectivity index (χ3n) is 3.78. The van der Waals surface area contributed by atoms with Gasteiger partial charge in [-0.3, -0.25) is 14.8 Å². The van der Waals surface area contributed by atoms with Gasteiger partial charge in [0, 0.05) is 17.4 Å². The topological polar surface area (TPSA) is 58.9 Å². The zero-order chi connectivity index (χ0) is 18.5. The minimum absolute atomic E-state index is 0.246. The van der Waals surface area contributed by atoms with Crippen LogP contribution in [0.15, 0.2) is 65.4 Å². The van der Waals surface area contributed by atoms with E-state index in [1.54, 1.807) is 18.3 Å². The number of rotatable bonds is 4. The summed E-state index contributed by atoms with van der Waals surface area (Å²) in [5, 5.41) is 10.2. The molecule has 1 aromatic heterocycles. The molecule has 0 radical (unpaired) electrons. The summed E-state index contributed by atoms with van der Waals surface area (Å²) in [6.07, 6.45) is 3.64. The summed E-state index contributed by atoms with van der Waals surface area (Å²) < 4.78 is 2.75. The molecule has 132 valence electrons. The predicted molar refractivity (Wildman–Crippen MR) is 110 cm³/mol. The van der Waals surface area contributed by atoms with Crippen molar-refractivity contribution < 1.29 is 4.79 Å². The Hall–Kier alpha value is -2.51. The Morgan fingerprint density at radius 3 is 2.58 bits per heavy atom. The van der Waals surface area contributed by atoms with Crippen molar-refractivity contribution in [1.82, 2.24) is 15.1 Å². The van der Waals surface area contributed by atoms with Gasteiger partial charge in [0.1, 0.15) is 0 Å². The number of carbonyl (C=O) groups excluding carboxylic acids is 1. The Kier molecular flexibility index (Phi) is 5.80. The summed E-state index contributed by atoms with van der Waals surface area (Å²) in [6, 6.07) is 15.1. The van der Waals surface area contributed by atoms with E-state index in [0.29, 0.717) is 12.1 Å². The van der Waals surface area contributed by atoms with Gasteiger partial charge < -0.3 is 5.32 Å². The minimum Gasteiger partial charge on any atom is -0.332 e. The number of benzene rings is 2. The molecule has 0 saturated carbocycles. The Morgan fingerprint density at radius 1 is 1.19 bits per heavy atom. The Labute approximate surface area is 165 Å². The van der Waals surface area contributed by atoms with Crippen molar-refractivity contribution in [2.45, 2.75) is 13.5 Å². The second-order valence-electron chi connectivity index (χ2n) is 5.78. The van der Waals surface area contributed by atoms with Gasteiger partial charge in [-0.1, -0.05) is 30.3 Å². The van der Waals surface area contributed by atoms with Gasteiger partial charge in [-0.15, -0.1) is 0 Å². The fourth-order valence-corrected chi connectivity index (χ4v) is 2.95. The molecule has 0 aliphatic rings. The van der Waals surface area contributed by atoms with Crippen LogP contribution in [0.4, 0.5) is 5.69 Å². The Balaban J connectivity index is 1.59. The summed E-state index contributed by atoms with van der Waals surface area (Å²) in [7, 11) is 0. The van der Waals surface area contributed by atoms with Crippen LogP contribution in [0, 0.1) is 6.92 Å². The molecule has 0 saturated heterocycles. The highest BCUT2D eigenvalue weighted by molar-refractivity contribution is 9.10. The number of anilines is 1. The van der Waals surface area contributed by atoms with E-state index in [0.717, 1.165) is 21.3 Å². The number of hydrogen-bond donors (Lipinski definition) is 2. The van der Waals surface area contributed by atoms with Gasteiger partial charge in [-0.05, 0) is 64.4 Å². The van der Waals surface area contributed by atoms with Crippen LogP contribution in [-0.4, -0.2) is 20.8 Å². The largest absolute Gasteiger partial charge is 0.332 e. The second kappa shape index (κ2) is 8.25. The number of amides is 1. The van der Waals surface area contributed by atoms with E-state index in [4.69, 9.17) is 12.2 Å². The van der Waals surface area contributed by atoms with Crippen molar-refractivity contribution in [3.63, 3.8) is 0 Å². The van der Waals surface area contributed by atoms with Gasteiger partial charge in [-0.25, -0.2) is 0 Å². The highest BCUT2D eigenvalue weighted by atomic mass is 79.9. The van der Waals surface area contributed by atoms with Crippen LogP contribution < -0.4 is 10.6 Å². The third kappa shape index (κ3) is 4.77. The highest BCUT2D eigenvalue weighted by Crippen LogP contribution is 2.13. The Morgan fingerprint density at radius 2 is 1.92 bits per heavy atom. The Bertz CT molecular complexity index is 937. The number of thiocarbonyl (C=S) groups is 1. The molecule has 0 spiro atoms. The van der Waals surface area contributed by atoms with Gasteiger partial charge in [-0.2, -0.15) is 5.10 Å². The van der Waals surface area contributed by atoms with Gasteiger partial charge in [0.2, 0.25) is 0 Å². The monoisotopic (exact) mass is 428 g/mol. The van der Waals surface area contributed by atoms with Crippen LogP contribution in [0.25, 0.3) is 0 Å². The molecule has 7 heteroatoms. The maximum Gasteiger partial charge on any atom is 0.257 e. The van der Waals surface area contributed by atoms with E-state index >= 15 is 0 Å². The third-order valence-corrected chi connectivity index (χ3v) is 4.40. The maximum absolute atomic E-state index is 12.3. The van der Waals surface area contributed by atoms with Gasteiger partial charge in [0.25, 0.3) is 5.91 Å². The van der Waals surface area contributed by atoms with E-state index in [2.05, 4.69) is 31.7 Å². The van der Waals surface area contributed by atoms with Crippen molar-refractivity contribution >= 4 is 44.9 Å². The first-order valence-electron chi connectivity index (χ1n) is 7.96. The summed E-state index contributed by atoms with van der Waals surface area (Å²) >= 11 is 8.60. The fraction of sp³-hybridized carbons (Fsp3) is 0.105. The molecule has 3 rings (SSSR count). The summed E-state index contributed by atoms with van der Waals surface area (Å²) in [5.41, 5.74) is 3.53.